The molecule has 0 bridgehead atoms. The van der Waals surface area contributed by atoms with E-state index in [9.17, 15) is 9.00 Å². The van der Waals surface area contributed by atoms with Crippen molar-refractivity contribution in [3.8, 4) is 0 Å². The molecule has 2 nitrogen and oxygen atoms in total. The van der Waals surface area contributed by atoms with Crippen LogP contribution in [0.4, 0.5) is 0 Å². The van der Waals surface area contributed by atoms with Crippen molar-refractivity contribution in [1.82, 2.24) is 0 Å². The maximum atomic E-state index is 12.2. The molecule has 0 aromatic heterocycles. The zero-order valence-corrected chi connectivity index (χ0v) is 14.0. The molecule has 0 heterocycles. The average Bonchev–Trinajstić information content (AvgIpc) is 2.38. The molecule has 1 unspecified atom stereocenters. The van der Waals surface area contributed by atoms with E-state index in [-0.39, 0.29) is 16.6 Å². The van der Waals surface area contributed by atoms with E-state index >= 15 is 0 Å². The van der Waals surface area contributed by atoms with Gasteiger partial charge in [-0.3, -0.25) is 9.00 Å². The summed E-state index contributed by atoms with van der Waals surface area (Å²) < 4.78 is 13.0. The first-order chi connectivity index (χ1) is 9.47. The van der Waals surface area contributed by atoms with Gasteiger partial charge in [-0.15, -0.1) is 0 Å². The first kappa shape index (κ1) is 15.7. The minimum atomic E-state index is -1.41. The summed E-state index contributed by atoms with van der Waals surface area (Å²) in [5, 5.41) is 0.730. The van der Waals surface area contributed by atoms with Crippen LogP contribution in [-0.2, 0) is 10.8 Å². The molecule has 0 saturated carbocycles. The van der Waals surface area contributed by atoms with E-state index in [1.165, 1.54) is 6.07 Å². The molecule has 1 atom stereocenters. The Morgan fingerprint density at radius 2 is 1.90 bits per heavy atom. The number of carbonyl (C=O) groups excluding carboxylic acids is 1. The Labute approximate surface area is 137 Å². The Hall–Kier alpha value is -0.680. The fourth-order valence-corrected chi connectivity index (χ4v) is 3.72. The highest BCUT2D eigenvalue weighted by atomic mass is 79.9. The molecule has 2 rings (SSSR count). The van der Waals surface area contributed by atoms with Gasteiger partial charge >= 0.3 is 0 Å². The molecule has 6 heteroatoms. The monoisotopic (exact) mass is 390 g/mol. The number of halogens is 3. The van der Waals surface area contributed by atoms with Gasteiger partial charge in [0.15, 0.2) is 5.78 Å². The maximum Gasteiger partial charge on any atom is 0.177 e. The fraction of sp³-hybridized carbons (Fsp3) is 0.0714. The lowest BCUT2D eigenvalue weighted by atomic mass is 10.1. The summed E-state index contributed by atoms with van der Waals surface area (Å²) in [6, 6.07) is 11.7. The van der Waals surface area contributed by atoms with E-state index in [2.05, 4.69) is 15.9 Å². The normalized spacial score (nSPS) is 12.2. The lowest BCUT2D eigenvalue weighted by molar-refractivity contribution is 0.102. The Balaban J connectivity index is 2.17. The van der Waals surface area contributed by atoms with E-state index in [0.717, 1.165) is 4.47 Å². The molecule has 0 aliphatic carbocycles. The topological polar surface area (TPSA) is 34.1 Å². The van der Waals surface area contributed by atoms with Crippen molar-refractivity contribution in [3.05, 3.63) is 62.5 Å². The van der Waals surface area contributed by atoms with Crippen molar-refractivity contribution in [2.75, 3.05) is 5.75 Å². The second-order valence-corrected chi connectivity index (χ2v) is 7.21. The minimum absolute atomic E-state index is 0.113. The number of benzene rings is 2. The van der Waals surface area contributed by atoms with Crippen molar-refractivity contribution in [1.29, 1.82) is 0 Å². The number of rotatable bonds is 4. The van der Waals surface area contributed by atoms with Crippen LogP contribution < -0.4 is 0 Å². The number of Topliss-reactive ketones (excluding diaryl/α,β-unsaturated/α-hetero) is 1. The van der Waals surface area contributed by atoms with Crippen LogP contribution in [0.5, 0.6) is 0 Å². The van der Waals surface area contributed by atoms with Gasteiger partial charge in [0.1, 0.15) is 0 Å². The standard InChI is InChI=1S/C14H9BrCl2O2S/c15-9-2-1-3-11(6-9)20(19)8-14(18)12-5-4-10(16)7-13(12)17/h1-7H,8H2. The van der Waals surface area contributed by atoms with E-state index < -0.39 is 10.8 Å². The SMILES string of the molecule is O=C(CS(=O)c1cccc(Br)c1)c1ccc(Cl)cc1Cl. The van der Waals surface area contributed by atoms with Crippen LogP contribution in [0.25, 0.3) is 0 Å². The molecule has 0 spiro atoms. The molecule has 2 aromatic rings. The van der Waals surface area contributed by atoms with Crippen molar-refractivity contribution in [2.24, 2.45) is 0 Å². The third kappa shape index (κ3) is 3.92. The highest BCUT2D eigenvalue weighted by molar-refractivity contribution is 9.10. The summed E-state index contributed by atoms with van der Waals surface area (Å²) >= 11 is 15.1. The van der Waals surface area contributed by atoms with E-state index in [0.29, 0.717) is 15.5 Å². The van der Waals surface area contributed by atoms with Crippen molar-refractivity contribution >= 4 is 55.7 Å². The predicted octanol–water partition coefficient (Wildman–Crippen LogP) is 4.75. The fourth-order valence-electron chi connectivity index (χ4n) is 1.60. The smallest absolute Gasteiger partial charge is 0.177 e. The number of ketones is 1. The van der Waals surface area contributed by atoms with Gasteiger partial charge in [0, 0.05) is 20.0 Å². The van der Waals surface area contributed by atoms with Crippen LogP contribution in [0.2, 0.25) is 10.0 Å². The molecular weight excluding hydrogens is 383 g/mol. The van der Waals surface area contributed by atoms with Crippen molar-refractivity contribution in [2.45, 2.75) is 4.90 Å². The summed E-state index contributed by atoms with van der Waals surface area (Å²) in [7, 11) is -1.41. The van der Waals surface area contributed by atoms with Gasteiger partial charge in [-0.25, -0.2) is 0 Å². The van der Waals surface area contributed by atoms with Crippen LogP contribution in [0.3, 0.4) is 0 Å². The molecule has 20 heavy (non-hydrogen) atoms. The van der Waals surface area contributed by atoms with Gasteiger partial charge in [0.05, 0.1) is 21.6 Å². The molecular formula is C14H9BrCl2O2S. The molecule has 2 aromatic carbocycles. The molecule has 0 saturated heterocycles. The van der Waals surface area contributed by atoms with Crippen LogP contribution in [0.15, 0.2) is 51.8 Å². The van der Waals surface area contributed by atoms with Gasteiger partial charge in [-0.05, 0) is 36.4 Å². The number of hydrogen-bond acceptors (Lipinski definition) is 2. The third-order valence-electron chi connectivity index (χ3n) is 2.55. The first-order valence-corrected chi connectivity index (χ1v) is 8.46. The zero-order valence-electron chi connectivity index (χ0n) is 10.1. The second kappa shape index (κ2) is 6.85. The molecule has 104 valence electrons. The van der Waals surface area contributed by atoms with Gasteiger partial charge in [-0.1, -0.05) is 45.2 Å². The Morgan fingerprint density at radius 3 is 2.55 bits per heavy atom. The zero-order chi connectivity index (χ0) is 14.7. The Kier molecular flexibility index (Phi) is 5.38. The highest BCUT2D eigenvalue weighted by Crippen LogP contribution is 2.22. The largest absolute Gasteiger partial charge is 0.293 e. The lowest BCUT2D eigenvalue weighted by Gasteiger charge is -2.05. The van der Waals surface area contributed by atoms with Crippen LogP contribution >= 0.6 is 39.1 Å². The second-order valence-electron chi connectivity index (χ2n) is 3.99. The van der Waals surface area contributed by atoms with E-state index in [1.807, 2.05) is 6.07 Å². The highest BCUT2D eigenvalue weighted by Gasteiger charge is 2.15. The van der Waals surface area contributed by atoms with Gasteiger partial charge < -0.3 is 0 Å². The van der Waals surface area contributed by atoms with Crippen molar-refractivity contribution in [3.63, 3.8) is 0 Å². The number of carbonyl (C=O) groups is 1. The predicted molar refractivity (Wildman–Crippen MR) is 86.2 cm³/mol. The van der Waals surface area contributed by atoms with Crippen LogP contribution in [0.1, 0.15) is 10.4 Å². The average molecular weight is 392 g/mol. The van der Waals surface area contributed by atoms with E-state index in [1.54, 1.807) is 30.3 Å². The Bertz CT molecular complexity index is 689. The quantitative estimate of drug-likeness (QED) is 0.705. The molecule has 0 radical (unpaired) electrons. The summed E-state index contributed by atoms with van der Waals surface area (Å²) in [5.74, 6) is -0.386. The summed E-state index contributed by atoms with van der Waals surface area (Å²) in [6.45, 7) is 0. The van der Waals surface area contributed by atoms with Crippen molar-refractivity contribution < 1.29 is 9.00 Å². The summed E-state index contributed by atoms with van der Waals surface area (Å²) in [4.78, 5) is 12.7. The molecule has 0 aliphatic heterocycles. The molecule has 0 amide bonds. The van der Waals surface area contributed by atoms with Gasteiger partial charge in [0.25, 0.3) is 0 Å². The van der Waals surface area contributed by atoms with Gasteiger partial charge in [-0.2, -0.15) is 0 Å². The van der Waals surface area contributed by atoms with Crippen LogP contribution in [0, 0.1) is 0 Å². The first-order valence-electron chi connectivity index (χ1n) is 5.59. The third-order valence-corrected chi connectivity index (χ3v) is 4.90. The molecule has 0 N–H and O–H groups in total. The van der Waals surface area contributed by atoms with Crippen LogP contribution in [-0.4, -0.2) is 15.7 Å². The minimum Gasteiger partial charge on any atom is -0.293 e. The summed E-state index contributed by atoms with van der Waals surface area (Å²) in [5.41, 5.74) is 0.333. The number of hydrogen-bond donors (Lipinski definition) is 0. The molecule has 0 aliphatic rings. The summed E-state index contributed by atoms with van der Waals surface area (Å²) in [6.07, 6.45) is 0. The van der Waals surface area contributed by atoms with E-state index in [4.69, 9.17) is 23.2 Å². The maximum absolute atomic E-state index is 12.2. The lowest BCUT2D eigenvalue weighted by Crippen LogP contribution is -2.11. The molecule has 0 fully saturated rings. The Morgan fingerprint density at radius 1 is 1.15 bits per heavy atom. The van der Waals surface area contributed by atoms with Gasteiger partial charge in [0.2, 0.25) is 0 Å².